The van der Waals surface area contributed by atoms with Crippen molar-refractivity contribution in [3.05, 3.63) is 0 Å². The molecule has 0 atom stereocenters. The number of ether oxygens (including phenoxy) is 2. The van der Waals surface area contributed by atoms with E-state index in [0.717, 1.165) is 12.7 Å². The highest BCUT2D eigenvalue weighted by Crippen LogP contribution is 2.22. The number of carbonyl (C=O) groups excluding carboxylic acids is 1. The molecule has 1 fully saturated rings. The Morgan fingerprint density at radius 1 is 1.42 bits per heavy atom. The minimum absolute atomic E-state index is 0.392. The average molecular weight is 172 g/mol. The predicted molar refractivity (Wildman–Crippen MR) is 44.8 cm³/mol. The molecule has 0 spiro atoms. The Bertz CT molecular complexity index is 144. The minimum atomic E-state index is -0.433. The van der Waals surface area contributed by atoms with Crippen LogP contribution in [0.25, 0.3) is 0 Å². The summed E-state index contributed by atoms with van der Waals surface area (Å²) in [5, 5.41) is 0. The Morgan fingerprint density at radius 3 is 2.50 bits per heavy atom. The van der Waals surface area contributed by atoms with Gasteiger partial charge in [-0.3, -0.25) is 0 Å². The van der Waals surface area contributed by atoms with Crippen LogP contribution in [0.15, 0.2) is 0 Å². The van der Waals surface area contributed by atoms with E-state index in [1.165, 1.54) is 0 Å². The lowest BCUT2D eigenvalue weighted by Crippen LogP contribution is -2.39. The molecule has 0 aromatic rings. The van der Waals surface area contributed by atoms with Gasteiger partial charge in [0.1, 0.15) is 6.29 Å². The smallest absolute Gasteiger partial charge is 0.162 e. The first-order valence-corrected chi connectivity index (χ1v) is 4.35. The van der Waals surface area contributed by atoms with Crippen LogP contribution in [-0.2, 0) is 14.3 Å². The molecule has 12 heavy (non-hydrogen) atoms. The monoisotopic (exact) mass is 172 g/mol. The fourth-order valence-corrected chi connectivity index (χ4v) is 1.20. The van der Waals surface area contributed by atoms with E-state index < -0.39 is 5.79 Å². The van der Waals surface area contributed by atoms with Crippen molar-refractivity contribution in [2.75, 3.05) is 13.2 Å². The van der Waals surface area contributed by atoms with E-state index in [0.29, 0.717) is 25.6 Å². The van der Waals surface area contributed by atoms with Crippen molar-refractivity contribution in [2.24, 2.45) is 5.92 Å². The Labute approximate surface area is 73.0 Å². The normalized spacial score (nSPS) is 23.8. The van der Waals surface area contributed by atoms with Gasteiger partial charge in [-0.25, -0.2) is 0 Å². The second-order valence-electron chi connectivity index (χ2n) is 3.63. The molecule has 0 saturated carbocycles. The molecular weight excluding hydrogens is 156 g/mol. The highest BCUT2D eigenvalue weighted by molar-refractivity contribution is 5.49. The molecule has 0 unspecified atom stereocenters. The molecule has 1 rings (SSSR count). The zero-order valence-corrected chi connectivity index (χ0v) is 7.71. The third kappa shape index (κ3) is 2.91. The van der Waals surface area contributed by atoms with Gasteiger partial charge < -0.3 is 14.3 Å². The summed E-state index contributed by atoms with van der Waals surface area (Å²) in [6, 6.07) is 0. The molecule has 0 aromatic carbocycles. The predicted octanol–water partition coefficient (Wildman–Crippen LogP) is 1.36. The molecule has 1 aliphatic heterocycles. The first kappa shape index (κ1) is 9.68. The van der Waals surface area contributed by atoms with E-state index in [1.54, 1.807) is 0 Å². The number of hydrogen-bond donors (Lipinski definition) is 0. The Hall–Kier alpha value is -0.410. The maximum absolute atomic E-state index is 10.1. The summed E-state index contributed by atoms with van der Waals surface area (Å²) in [6.07, 6.45) is 2.43. The maximum atomic E-state index is 10.1. The topological polar surface area (TPSA) is 35.5 Å². The van der Waals surface area contributed by atoms with Gasteiger partial charge in [0.2, 0.25) is 0 Å². The summed E-state index contributed by atoms with van der Waals surface area (Å²) < 4.78 is 10.9. The lowest BCUT2D eigenvalue weighted by atomic mass is 10.0. The summed E-state index contributed by atoms with van der Waals surface area (Å²) in [5.41, 5.74) is 0. The van der Waals surface area contributed by atoms with E-state index in [-0.39, 0.29) is 0 Å². The van der Waals surface area contributed by atoms with Crippen molar-refractivity contribution in [1.82, 2.24) is 0 Å². The molecule has 3 heteroatoms. The molecule has 1 aliphatic rings. The molecule has 0 bridgehead atoms. The van der Waals surface area contributed by atoms with E-state index in [1.807, 2.05) is 13.8 Å². The summed E-state index contributed by atoms with van der Waals surface area (Å²) in [6.45, 7) is 5.23. The highest BCUT2D eigenvalue weighted by Gasteiger charge is 2.27. The fraction of sp³-hybridized carbons (Fsp3) is 0.889. The van der Waals surface area contributed by atoms with E-state index in [9.17, 15) is 4.79 Å². The molecule has 0 aromatic heterocycles. The van der Waals surface area contributed by atoms with Gasteiger partial charge in [-0.15, -0.1) is 0 Å². The molecular formula is C9H16O3. The second kappa shape index (κ2) is 4.01. The molecule has 3 nitrogen and oxygen atoms in total. The summed E-state index contributed by atoms with van der Waals surface area (Å²) >= 11 is 0. The largest absolute Gasteiger partial charge is 0.350 e. The summed E-state index contributed by atoms with van der Waals surface area (Å²) in [5.74, 6) is -0.0410. The SMILES string of the molecule is CC1(C)OCC(CCC=O)CO1. The Balaban J connectivity index is 2.22. The van der Waals surface area contributed by atoms with Crippen molar-refractivity contribution < 1.29 is 14.3 Å². The number of hydrogen-bond acceptors (Lipinski definition) is 3. The average Bonchev–Trinajstić information content (AvgIpc) is 2.03. The lowest BCUT2D eigenvalue weighted by molar-refractivity contribution is -0.262. The van der Waals surface area contributed by atoms with E-state index in [4.69, 9.17) is 9.47 Å². The van der Waals surface area contributed by atoms with Gasteiger partial charge >= 0.3 is 0 Å². The molecule has 1 saturated heterocycles. The molecule has 0 radical (unpaired) electrons. The number of aldehydes is 1. The molecule has 0 N–H and O–H groups in total. The number of carbonyl (C=O) groups is 1. The van der Waals surface area contributed by atoms with Crippen LogP contribution in [0.1, 0.15) is 26.7 Å². The van der Waals surface area contributed by atoms with Gasteiger partial charge in [0.05, 0.1) is 13.2 Å². The van der Waals surface area contributed by atoms with Gasteiger partial charge in [-0.05, 0) is 20.3 Å². The van der Waals surface area contributed by atoms with Crippen molar-refractivity contribution in [3.63, 3.8) is 0 Å². The van der Waals surface area contributed by atoms with Crippen LogP contribution >= 0.6 is 0 Å². The Kier molecular flexibility index (Phi) is 3.23. The lowest BCUT2D eigenvalue weighted by Gasteiger charge is -2.34. The zero-order chi connectivity index (χ0) is 9.03. The summed E-state index contributed by atoms with van der Waals surface area (Å²) in [7, 11) is 0. The third-order valence-corrected chi connectivity index (χ3v) is 2.03. The fourth-order valence-electron chi connectivity index (χ4n) is 1.20. The van der Waals surface area contributed by atoms with Crippen molar-refractivity contribution in [1.29, 1.82) is 0 Å². The molecule has 0 amide bonds. The zero-order valence-electron chi connectivity index (χ0n) is 7.71. The van der Waals surface area contributed by atoms with Gasteiger partial charge in [0, 0.05) is 12.3 Å². The summed E-state index contributed by atoms with van der Waals surface area (Å²) in [4.78, 5) is 10.1. The molecule has 70 valence electrons. The van der Waals surface area contributed by atoms with Gasteiger partial charge in [0.15, 0.2) is 5.79 Å². The number of rotatable bonds is 3. The van der Waals surface area contributed by atoms with Gasteiger partial charge in [0.25, 0.3) is 0 Å². The molecule has 0 aliphatic carbocycles. The first-order chi connectivity index (χ1) is 5.64. The van der Waals surface area contributed by atoms with Crippen LogP contribution in [0.2, 0.25) is 0 Å². The van der Waals surface area contributed by atoms with Crippen LogP contribution < -0.4 is 0 Å². The Morgan fingerprint density at radius 2 is 2.00 bits per heavy atom. The van der Waals surface area contributed by atoms with Gasteiger partial charge in [-0.2, -0.15) is 0 Å². The van der Waals surface area contributed by atoms with E-state index >= 15 is 0 Å². The molecule has 1 heterocycles. The van der Waals surface area contributed by atoms with Crippen molar-refractivity contribution in [3.8, 4) is 0 Å². The highest BCUT2D eigenvalue weighted by atomic mass is 16.7. The standard InChI is InChI=1S/C9H16O3/c1-9(2)11-6-8(7-12-9)4-3-5-10/h5,8H,3-4,6-7H2,1-2H3. The second-order valence-corrected chi connectivity index (χ2v) is 3.63. The maximum Gasteiger partial charge on any atom is 0.162 e. The van der Waals surface area contributed by atoms with Gasteiger partial charge in [-0.1, -0.05) is 0 Å². The van der Waals surface area contributed by atoms with Crippen LogP contribution in [0.4, 0.5) is 0 Å². The van der Waals surface area contributed by atoms with Crippen molar-refractivity contribution >= 4 is 6.29 Å². The van der Waals surface area contributed by atoms with Crippen molar-refractivity contribution in [2.45, 2.75) is 32.5 Å². The minimum Gasteiger partial charge on any atom is -0.350 e. The quantitative estimate of drug-likeness (QED) is 0.603. The van der Waals surface area contributed by atoms with Crippen LogP contribution in [-0.4, -0.2) is 25.3 Å². The van der Waals surface area contributed by atoms with Crippen LogP contribution in [0, 0.1) is 5.92 Å². The third-order valence-electron chi connectivity index (χ3n) is 2.03. The van der Waals surface area contributed by atoms with Crippen LogP contribution in [0.5, 0.6) is 0 Å². The first-order valence-electron chi connectivity index (χ1n) is 4.35. The van der Waals surface area contributed by atoms with Crippen LogP contribution in [0.3, 0.4) is 0 Å². The van der Waals surface area contributed by atoms with E-state index in [2.05, 4.69) is 0 Å².